The summed E-state index contributed by atoms with van der Waals surface area (Å²) in [6.07, 6.45) is -5.04. The maximum Gasteiger partial charge on any atom is 0.435 e. The van der Waals surface area contributed by atoms with Gasteiger partial charge in [-0.1, -0.05) is 6.07 Å². The molecule has 0 saturated carbocycles. The number of nitrogens with zero attached hydrogens (tertiary/aromatic N) is 4. The molecule has 0 atom stereocenters. The van der Waals surface area contributed by atoms with E-state index in [0.29, 0.717) is 5.56 Å². The molecule has 38 heavy (non-hydrogen) atoms. The first-order valence-corrected chi connectivity index (χ1v) is 10.8. The molecule has 0 radical (unpaired) electrons. The molecule has 0 bridgehead atoms. The normalized spacial score (nSPS) is 11.4. The Morgan fingerprint density at radius 2 is 1.82 bits per heavy atom. The Kier molecular flexibility index (Phi) is 6.50. The van der Waals surface area contributed by atoms with Gasteiger partial charge in [0, 0.05) is 33.8 Å². The van der Waals surface area contributed by atoms with Crippen LogP contribution in [0.25, 0.3) is 22.0 Å². The summed E-state index contributed by atoms with van der Waals surface area (Å²) >= 11 is 0. The van der Waals surface area contributed by atoms with Crippen LogP contribution in [-0.4, -0.2) is 33.7 Å². The van der Waals surface area contributed by atoms with Crippen LogP contribution in [0.1, 0.15) is 43.4 Å². The molecule has 0 fully saturated rings. The van der Waals surface area contributed by atoms with Crippen molar-refractivity contribution in [2.75, 3.05) is 7.11 Å². The maximum atomic E-state index is 14.3. The zero-order valence-electron chi connectivity index (χ0n) is 19.9. The van der Waals surface area contributed by atoms with E-state index < -0.39 is 51.9 Å². The van der Waals surface area contributed by atoms with Crippen LogP contribution in [-0.2, 0) is 12.7 Å². The van der Waals surface area contributed by atoms with Gasteiger partial charge in [0.05, 0.1) is 36.4 Å². The molecule has 4 rings (SSSR count). The molecule has 0 aliphatic carbocycles. The Hall–Kier alpha value is -4.99. The zero-order valence-corrected chi connectivity index (χ0v) is 19.9. The molecule has 9 nitrogen and oxygen atoms in total. The SMILES string of the molecule is COc1cc(C#N)ccc1Cn1nc(C(F)(F)F)c(-c2c(C(N)=O)nc3cc(F)ccc3c2C(N)=O)c1C. The zero-order chi connectivity index (χ0) is 27.9. The van der Waals surface area contributed by atoms with E-state index in [0.717, 1.165) is 22.9 Å². The number of hydrogen-bond donors (Lipinski definition) is 2. The third-order valence-corrected chi connectivity index (χ3v) is 5.89. The smallest absolute Gasteiger partial charge is 0.435 e. The van der Waals surface area contributed by atoms with Gasteiger partial charge in [0.2, 0.25) is 5.91 Å². The van der Waals surface area contributed by atoms with E-state index in [1.807, 2.05) is 6.07 Å². The van der Waals surface area contributed by atoms with Crippen LogP contribution in [0.4, 0.5) is 17.6 Å². The average molecular weight is 526 g/mol. The Labute approximate surface area is 212 Å². The third kappa shape index (κ3) is 4.47. The minimum Gasteiger partial charge on any atom is -0.496 e. The molecule has 0 aliphatic heterocycles. The highest BCUT2D eigenvalue weighted by Crippen LogP contribution is 2.42. The third-order valence-electron chi connectivity index (χ3n) is 5.89. The largest absolute Gasteiger partial charge is 0.496 e. The van der Waals surface area contributed by atoms with Crippen molar-refractivity contribution in [3.05, 3.63) is 76.0 Å². The van der Waals surface area contributed by atoms with Gasteiger partial charge in [-0.3, -0.25) is 14.3 Å². The lowest BCUT2D eigenvalue weighted by molar-refractivity contribution is -0.141. The number of alkyl halides is 3. The number of fused-ring (bicyclic) bond motifs is 1. The van der Waals surface area contributed by atoms with Gasteiger partial charge < -0.3 is 16.2 Å². The van der Waals surface area contributed by atoms with Crippen molar-refractivity contribution < 1.29 is 31.9 Å². The monoisotopic (exact) mass is 526 g/mol. The number of benzene rings is 2. The second-order valence-corrected chi connectivity index (χ2v) is 8.20. The number of nitriles is 1. The van der Waals surface area contributed by atoms with Crippen molar-refractivity contribution in [2.24, 2.45) is 11.5 Å². The van der Waals surface area contributed by atoms with Gasteiger partial charge in [0.1, 0.15) is 17.3 Å². The molecule has 0 spiro atoms. The fourth-order valence-electron chi connectivity index (χ4n) is 4.22. The predicted octanol–water partition coefficient (Wildman–Crippen LogP) is 3.69. The van der Waals surface area contributed by atoms with Gasteiger partial charge in [-0.2, -0.15) is 23.5 Å². The summed E-state index contributed by atoms with van der Waals surface area (Å²) in [7, 11) is 1.34. The molecule has 2 aromatic heterocycles. The molecule has 2 amide bonds. The number of primary amides is 2. The van der Waals surface area contributed by atoms with Crippen molar-refractivity contribution >= 4 is 22.7 Å². The molecule has 194 valence electrons. The summed E-state index contributed by atoms with van der Waals surface area (Å²) < 4.78 is 63.1. The van der Waals surface area contributed by atoms with E-state index in [1.54, 1.807) is 0 Å². The number of carbonyl (C=O) groups excluding carboxylic acids is 2. The van der Waals surface area contributed by atoms with E-state index in [4.69, 9.17) is 21.5 Å². The number of methoxy groups -OCH3 is 1. The molecule has 2 heterocycles. The van der Waals surface area contributed by atoms with E-state index >= 15 is 0 Å². The van der Waals surface area contributed by atoms with Crippen LogP contribution >= 0.6 is 0 Å². The quantitative estimate of drug-likeness (QED) is 0.366. The molecule has 0 unspecified atom stereocenters. The lowest BCUT2D eigenvalue weighted by Crippen LogP contribution is -2.21. The van der Waals surface area contributed by atoms with Gasteiger partial charge in [-0.25, -0.2) is 9.37 Å². The second-order valence-electron chi connectivity index (χ2n) is 8.20. The second kappa shape index (κ2) is 9.47. The van der Waals surface area contributed by atoms with Crippen LogP contribution < -0.4 is 16.2 Å². The number of nitrogens with two attached hydrogens (primary N) is 2. The highest BCUT2D eigenvalue weighted by atomic mass is 19.4. The fraction of sp³-hybridized carbons (Fsp3) is 0.160. The summed E-state index contributed by atoms with van der Waals surface area (Å²) in [5, 5.41) is 12.8. The lowest BCUT2D eigenvalue weighted by Gasteiger charge is -2.16. The molecular weight excluding hydrogens is 508 g/mol. The van der Waals surface area contributed by atoms with Crippen LogP contribution in [0, 0.1) is 24.1 Å². The number of aromatic nitrogens is 3. The summed E-state index contributed by atoms with van der Waals surface area (Å²) in [6, 6.07) is 9.32. The summed E-state index contributed by atoms with van der Waals surface area (Å²) in [6.45, 7) is 1.08. The molecule has 4 N–H and O–H groups in total. The summed E-state index contributed by atoms with van der Waals surface area (Å²) in [5.41, 5.74) is 7.58. The minimum absolute atomic E-state index is 0.0760. The Balaban J connectivity index is 2.08. The van der Waals surface area contributed by atoms with E-state index in [2.05, 4.69) is 10.1 Å². The Bertz CT molecular complexity index is 1670. The maximum absolute atomic E-state index is 14.3. The Morgan fingerprint density at radius 3 is 2.39 bits per heavy atom. The van der Waals surface area contributed by atoms with Crippen molar-refractivity contribution in [1.82, 2.24) is 14.8 Å². The van der Waals surface area contributed by atoms with Crippen LogP contribution in [0.3, 0.4) is 0 Å². The fourth-order valence-corrected chi connectivity index (χ4v) is 4.22. The predicted molar refractivity (Wildman–Crippen MR) is 127 cm³/mol. The first-order valence-electron chi connectivity index (χ1n) is 10.8. The van der Waals surface area contributed by atoms with Crippen LogP contribution in [0.2, 0.25) is 0 Å². The number of pyridine rings is 1. The number of hydrogen-bond acceptors (Lipinski definition) is 6. The number of amides is 2. The summed E-state index contributed by atoms with van der Waals surface area (Å²) in [4.78, 5) is 28.9. The molecule has 0 aliphatic rings. The molecule has 0 saturated heterocycles. The van der Waals surface area contributed by atoms with E-state index in [9.17, 15) is 27.2 Å². The van der Waals surface area contributed by atoms with Gasteiger partial charge in [-0.05, 0) is 31.2 Å². The summed E-state index contributed by atoms with van der Waals surface area (Å²) in [5.74, 6) is -2.97. The van der Waals surface area contributed by atoms with Crippen molar-refractivity contribution in [3.63, 3.8) is 0 Å². The van der Waals surface area contributed by atoms with Crippen LogP contribution in [0.5, 0.6) is 5.75 Å². The van der Waals surface area contributed by atoms with Gasteiger partial charge >= 0.3 is 6.18 Å². The van der Waals surface area contributed by atoms with Crippen molar-refractivity contribution in [2.45, 2.75) is 19.6 Å². The average Bonchev–Trinajstić information content (AvgIpc) is 3.18. The highest BCUT2D eigenvalue weighted by molar-refractivity contribution is 6.15. The molecule has 13 heteroatoms. The lowest BCUT2D eigenvalue weighted by atomic mass is 9.92. The van der Waals surface area contributed by atoms with Gasteiger partial charge in [0.15, 0.2) is 5.69 Å². The molecular formula is C25H18F4N6O3. The van der Waals surface area contributed by atoms with Crippen LogP contribution in [0.15, 0.2) is 36.4 Å². The topological polar surface area (TPSA) is 150 Å². The standard InChI is InChI=1S/C25H18F4N6O3/c1-11-18(20-19(23(31)36)15-6-5-14(26)8-16(15)33-21(20)24(32)37)22(25(27,28)29)34-35(11)10-13-4-3-12(9-30)7-17(13)38-2/h3-8H,10H2,1-2H3,(H2,31,36)(H2,32,37). The first-order chi connectivity index (χ1) is 17.9. The highest BCUT2D eigenvalue weighted by Gasteiger charge is 2.41. The number of carbonyl (C=O) groups is 2. The number of ether oxygens (including phenoxy) is 1. The minimum atomic E-state index is -5.04. The number of halogens is 4. The van der Waals surface area contributed by atoms with E-state index in [1.165, 1.54) is 32.2 Å². The van der Waals surface area contributed by atoms with Crippen molar-refractivity contribution in [1.29, 1.82) is 5.26 Å². The van der Waals surface area contributed by atoms with Gasteiger partial charge in [0.25, 0.3) is 5.91 Å². The van der Waals surface area contributed by atoms with Gasteiger partial charge in [-0.15, -0.1) is 0 Å². The molecule has 4 aromatic rings. The van der Waals surface area contributed by atoms with E-state index in [-0.39, 0.29) is 34.5 Å². The van der Waals surface area contributed by atoms with Crippen molar-refractivity contribution in [3.8, 4) is 22.9 Å². The Morgan fingerprint density at radius 1 is 1.11 bits per heavy atom. The number of rotatable bonds is 6. The molecule has 2 aromatic carbocycles. The first kappa shape index (κ1) is 26.1.